The lowest BCUT2D eigenvalue weighted by Crippen LogP contribution is -2.18. The van der Waals surface area contributed by atoms with Crippen molar-refractivity contribution in [2.24, 2.45) is 0 Å². The Morgan fingerprint density at radius 3 is 2.80 bits per heavy atom. The van der Waals surface area contributed by atoms with Crippen LogP contribution in [0.25, 0.3) is 0 Å². The van der Waals surface area contributed by atoms with Crippen molar-refractivity contribution in [3.8, 4) is 5.75 Å². The Hall–Kier alpha value is -1.32. The van der Waals surface area contributed by atoms with Crippen molar-refractivity contribution in [2.75, 3.05) is 13.7 Å². The topological polar surface area (TPSA) is 21.3 Å². The quantitative estimate of drug-likeness (QED) is 0.917. The molecule has 2 aromatic carbocycles. The number of aryl methyl sites for hydroxylation is 1. The molecule has 0 radical (unpaired) electrons. The number of halogens is 1. The molecule has 3 rings (SSSR count). The second-order valence-corrected chi connectivity index (χ2v) is 6.10. The third-order valence-electron chi connectivity index (χ3n) is 3.88. The number of hydrogen-bond acceptors (Lipinski definition) is 2. The van der Waals surface area contributed by atoms with Gasteiger partial charge in [0.25, 0.3) is 0 Å². The van der Waals surface area contributed by atoms with E-state index in [0.717, 1.165) is 23.2 Å². The highest BCUT2D eigenvalue weighted by atomic mass is 79.9. The first-order chi connectivity index (χ1) is 9.69. The standard InChI is InChI=1S/C17H18BrNO/c1-11-9-14(18)4-5-15(11)17(19-2)13-3-6-16-12(10-13)7-8-20-16/h3-6,9-10,17,19H,7-8H2,1-2H3. The van der Waals surface area contributed by atoms with E-state index in [1.54, 1.807) is 0 Å². The first-order valence-corrected chi connectivity index (χ1v) is 7.67. The van der Waals surface area contributed by atoms with E-state index >= 15 is 0 Å². The first kappa shape index (κ1) is 13.7. The molecule has 0 saturated carbocycles. The molecule has 1 unspecified atom stereocenters. The van der Waals surface area contributed by atoms with Crippen LogP contribution >= 0.6 is 15.9 Å². The van der Waals surface area contributed by atoms with Gasteiger partial charge in [-0.05, 0) is 54.4 Å². The zero-order valence-corrected chi connectivity index (χ0v) is 13.3. The average molecular weight is 332 g/mol. The lowest BCUT2D eigenvalue weighted by Gasteiger charge is -2.20. The maximum atomic E-state index is 5.59. The Morgan fingerprint density at radius 1 is 1.20 bits per heavy atom. The SMILES string of the molecule is CNC(c1ccc2c(c1)CCO2)c1ccc(Br)cc1C. The molecule has 2 aromatic rings. The molecule has 3 heteroatoms. The van der Waals surface area contributed by atoms with Gasteiger partial charge in [-0.25, -0.2) is 0 Å². The summed E-state index contributed by atoms with van der Waals surface area (Å²) in [5.41, 5.74) is 5.21. The molecule has 0 spiro atoms. The predicted octanol–water partition coefficient (Wildman–Crippen LogP) is 4.00. The van der Waals surface area contributed by atoms with Gasteiger partial charge >= 0.3 is 0 Å². The second kappa shape index (κ2) is 5.58. The maximum Gasteiger partial charge on any atom is 0.122 e. The van der Waals surface area contributed by atoms with Crippen molar-refractivity contribution in [2.45, 2.75) is 19.4 Å². The molecule has 2 nitrogen and oxygen atoms in total. The van der Waals surface area contributed by atoms with Crippen LogP contribution < -0.4 is 10.1 Å². The van der Waals surface area contributed by atoms with Gasteiger partial charge in [0.1, 0.15) is 5.75 Å². The minimum Gasteiger partial charge on any atom is -0.493 e. The van der Waals surface area contributed by atoms with Crippen LogP contribution in [-0.4, -0.2) is 13.7 Å². The van der Waals surface area contributed by atoms with Gasteiger partial charge in [-0.3, -0.25) is 0 Å². The molecule has 1 N–H and O–H groups in total. The van der Waals surface area contributed by atoms with Gasteiger partial charge in [0, 0.05) is 10.9 Å². The lowest BCUT2D eigenvalue weighted by molar-refractivity contribution is 0.357. The molecule has 1 aliphatic heterocycles. The molecule has 1 heterocycles. The third kappa shape index (κ3) is 2.48. The van der Waals surface area contributed by atoms with Gasteiger partial charge in [0.15, 0.2) is 0 Å². The summed E-state index contributed by atoms with van der Waals surface area (Å²) in [5, 5.41) is 3.43. The van der Waals surface area contributed by atoms with E-state index in [2.05, 4.69) is 64.6 Å². The molecular weight excluding hydrogens is 314 g/mol. The molecule has 0 aromatic heterocycles. The van der Waals surface area contributed by atoms with E-state index in [9.17, 15) is 0 Å². The van der Waals surface area contributed by atoms with Gasteiger partial charge in [-0.2, -0.15) is 0 Å². The number of fused-ring (bicyclic) bond motifs is 1. The summed E-state index contributed by atoms with van der Waals surface area (Å²) < 4.78 is 6.71. The number of ether oxygens (including phenoxy) is 1. The van der Waals surface area contributed by atoms with E-state index in [-0.39, 0.29) is 6.04 Å². The lowest BCUT2D eigenvalue weighted by atomic mass is 9.93. The molecule has 0 saturated heterocycles. The zero-order chi connectivity index (χ0) is 14.1. The van der Waals surface area contributed by atoms with Crippen LogP contribution in [0.5, 0.6) is 5.75 Å². The van der Waals surface area contributed by atoms with Gasteiger partial charge in [-0.1, -0.05) is 34.1 Å². The van der Waals surface area contributed by atoms with E-state index < -0.39 is 0 Å². The van der Waals surface area contributed by atoms with Gasteiger partial charge in [0.05, 0.1) is 12.6 Å². The highest BCUT2D eigenvalue weighted by Gasteiger charge is 2.18. The summed E-state index contributed by atoms with van der Waals surface area (Å²) >= 11 is 3.53. The van der Waals surface area contributed by atoms with Crippen molar-refractivity contribution in [1.82, 2.24) is 5.32 Å². The van der Waals surface area contributed by atoms with Gasteiger partial charge < -0.3 is 10.1 Å². The van der Waals surface area contributed by atoms with Gasteiger partial charge in [0.2, 0.25) is 0 Å². The summed E-state index contributed by atoms with van der Waals surface area (Å²) in [6.07, 6.45) is 1.01. The van der Waals surface area contributed by atoms with Crippen LogP contribution in [0.2, 0.25) is 0 Å². The van der Waals surface area contributed by atoms with Crippen LogP contribution in [-0.2, 0) is 6.42 Å². The third-order valence-corrected chi connectivity index (χ3v) is 4.37. The predicted molar refractivity (Wildman–Crippen MR) is 85.4 cm³/mol. The Kier molecular flexibility index (Phi) is 3.81. The Balaban J connectivity index is 2.01. The summed E-state index contributed by atoms with van der Waals surface area (Å²) in [6, 6.07) is 13.2. The van der Waals surface area contributed by atoms with Crippen molar-refractivity contribution in [3.63, 3.8) is 0 Å². The second-order valence-electron chi connectivity index (χ2n) is 5.19. The smallest absolute Gasteiger partial charge is 0.122 e. The normalized spacial score (nSPS) is 14.8. The highest BCUT2D eigenvalue weighted by Crippen LogP contribution is 2.32. The van der Waals surface area contributed by atoms with Gasteiger partial charge in [-0.15, -0.1) is 0 Å². The highest BCUT2D eigenvalue weighted by molar-refractivity contribution is 9.10. The molecule has 104 valence electrons. The monoisotopic (exact) mass is 331 g/mol. The van der Waals surface area contributed by atoms with Crippen LogP contribution in [0.4, 0.5) is 0 Å². The molecule has 20 heavy (non-hydrogen) atoms. The minimum absolute atomic E-state index is 0.217. The zero-order valence-electron chi connectivity index (χ0n) is 11.7. The van der Waals surface area contributed by atoms with Crippen molar-refractivity contribution < 1.29 is 4.74 Å². The Bertz CT molecular complexity index is 639. The largest absolute Gasteiger partial charge is 0.493 e. The first-order valence-electron chi connectivity index (χ1n) is 6.88. The fourth-order valence-corrected chi connectivity index (χ4v) is 3.33. The fraction of sp³-hybridized carbons (Fsp3) is 0.294. The summed E-state index contributed by atoms with van der Waals surface area (Å²) in [7, 11) is 2.01. The molecule has 1 aliphatic rings. The van der Waals surface area contributed by atoms with E-state index in [1.807, 2.05) is 7.05 Å². The molecule has 0 bridgehead atoms. The molecule has 0 amide bonds. The Labute approximate surface area is 128 Å². The van der Waals surface area contributed by atoms with E-state index in [0.29, 0.717) is 0 Å². The number of benzene rings is 2. The molecule has 1 atom stereocenters. The average Bonchev–Trinajstić information content (AvgIpc) is 2.89. The molecular formula is C17H18BrNO. The molecule has 0 fully saturated rings. The maximum absolute atomic E-state index is 5.59. The van der Waals surface area contributed by atoms with Crippen LogP contribution in [0, 0.1) is 6.92 Å². The van der Waals surface area contributed by atoms with Crippen molar-refractivity contribution >= 4 is 15.9 Å². The number of rotatable bonds is 3. The summed E-state index contributed by atoms with van der Waals surface area (Å²) in [5.74, 6) is 1.04. The van der Waals surface area contributed by atoms with Crippen molar-refractivity contribution in [3.05, 3.63) is 63.1 Å². The number of nitrogens with one attached hydrogen (secondary N) is 1. The minimum atomic E-state index is 0.217. The molecule has 0 aliphatic carbocycles. The van der Waals surface area contributed by atoms with Crippen molar-refractivity contribution in [1.29, 1.82) is 0 Å². The van der Waals surface area contributed by atoms with Crippen LogP contribution in [0.1, 0.15) is 28.3 Å². The summed E-state index contributed by atoms with van der Waals surface area (Å²) in [4.78, 5) is 0. The van der Waals surface area contributed by atoms with Crippen LogP contribution in [0.3, 0.4) is 0 Å². The fourth-order valence-electron chi connectivity index (χ4n) is 2.85. The Morgan fingerprint density at radius 2 is 2.05 bits per heavy atom. The number of hydrogen-bond donors (Lipinski definition) is 1. The van der Waals surface area contributed by atoms with E-state index in [4.69, 9.17) is 4.74 Å². The summed E-state index contributed by atoms with van der Waals surface area (Å²) in [6.45, 7) is 2.96. The van der Waals surface area contributed by atoms with Crippen LogP contribution in [0.15, 0.2) is 40.9 Å². The van der Waals surface area contributed by atoms with E-state index in [1.165, 1.54) is 22.3 Å².